The summed E-state index contributed by atoms with van der Waals surface area (Å²) in [5, 5.41) is 12.3. The molecule has 0 saturated carbocycles. The minimum absolute atomic E-state index is 0.0387. The lowest BCUT2D eigenvalue weighted by atomic mass is 9.86. The van der Waals surface area contributed by atoms with Crippen LogP contribution in [0.1, 0.15) is 54.0 Å². The summed E-state index contributed by atoms with van der Waals surface area (Å²) < 4.78 is 56.2. The Morgan fingerprint density at radius 3 is 2.42 bits per heavy atom. The summed E-state index contributed by atoms with van der Waals surface area (Å²) in [6, 6.07) is 6.64. The molecule has 0 radical (unpaired) electrons. The maximum atomic E-state index is 14.2. The van der Waals surface area contributed by atoms with Gasteiger partial charge in [0.15, 0.2) is 5.78 Å². The van der Waals surface area contributed by atoms with Crippen LogP contribution in [-0.2, 0) is 11.1 Å². The van der Waals surface area contributed by atoms with Crippen molar-refractivity contribution >= 4 is 17.1 Å². The summed E-state index contributed by atoms with van der Waals surface area (Å²) in [7, 11) is 0. The van der Waals surface area contributed by atoms with Gasteiger partial charge in [-0.15, -0.1) is 11.3 Å². The van der Waals surface area contributed by atoms with Crippen molar-refractivity contribution in [3.05, 3.63) is 69.6 Å². The summed E-state index contributed by atoms with van der Waals surface area (Å²) in [6.07, 6.45) is -6.67. The molecule has 1 aromatic carbocycles. The van der Waals surface area contributed by atoms with Crippen LogP contribution in [0.4, 0.5) is 17.6 Å². The lowest BCUT2D eigenvalue weighted by molar-refractivity contribution is -0.270. The number of thiazole rings is 1. The molecule has 5 nitrogen and oxygen atoms in total. The third kappa shape index (κ3) is 5.29. The van der Waals surface area contributed by atoms with E-state index in [9.17, 15) is 27.5 Å². The van der Waals surface area contributed by atoms with Crippen molar-refractivity contribution in [3.8, 4) is 11.3 Å². The molecule has 0 saturated heterocycles. The van der Waals surface area contributed by atoms with E-state index in [1.807, 2.05) is 0 Å². The Labute approximate surface area is 192 Å². The molecule has 2 aromatic heterocycles. The van der Waals surface area contributed by atoms with Crippen molar-refractivity contribution in [3.63, 3.8) is 0 Å². The van der Waals surface area contributed by atoms with Gasteiger partial charge in [-0.1, -0.05) is 0 Å². The number of aliphatic hydroxyl groups is 1. The topological polar surface area (TPSA) is 89.1 Å². The summed E-state index contributed by atoms with van der Waals surface area (Å²) in [4.78, 5) is 20.2. The number of carbonyl (C=O) groups excluding carboxylic acids is 1. The number of aryl methyl sites for hydroxylation is 1. The molecule has 0 aliphatic rings. The molecule has 176 valence electrons. The van der Waals surface area contributed by atoms with Crippen LogP contribution in [0.2, 0.25) is 0 Å². The fourth-order valence-electron chi connectivity index (χ4n) is 3.25. The van der Waals surface area contributed by atoms with E-state index < -0.39 is 47.5 Å². The van der Waals surface area contributed by atoms with E-state index in [1.165, 1.54) is 42.1 Å². The number of aromatic nitrogens is 2. The smallest absolute Gasteiger partial charge is 0.375 e. The van der Waals surface area contributed by atoms with Gasteiger partial charge in [0.25, 0.3) is 0 Å². The summed E-state index contributed by atoms with van der Waals surface area (Å²) in [5.41, 5.74) is 3.46. The number of Topliss-reactive ketones (excluding diaryl/α,β-unsaturated/α-hetero) is 1. The zero-order chi connectivity index (χ0) is 24.6. The van der Waals surface area contributed by atoms with Crippen LogP contribution in [0.15, 0.2) is 41.2 Å². The average molecular weight is 482 g/mol. The van der Waals surface area contributed by atoms with Gasteiger partial charge in [0.1, 0.15) is 11.5 Å². The van der Waals surface area contributed by atoms with Crippen LogP contribution < -0.4 is 5.73 Å². The molecule has 3 aromatic rings. The Morgan fingerprint density at radius 1 is 1.18 bits per heavy atom. The Balaban J connectivity index is 2.12. The average Bonchev–Trinajstić information content (AvgIpc) is 3.27. The molecule has 3 N–H and O–H groups in total. The normalized spacial score (nSPS) is 14.2. The molecular weight excluding hydrogens is 458 g/mol. The van der Waals surface area contributed by atoms with Crippen LogP contribution in [-0.4, -0.2) is 27.0 Å². The van der Waals surface area contributed by atoms with Gasteiger partial charge in [-0.3, -0.25) is 4.79 Å². The third-order valence-electron chi connectivity index (χ3n) is 5.35. The van der Waals surface area contributed by atoms with Gasteiger partial charge in [0.05, 0.1) is 16.9 Å². The van der Waals surface area contributed by atoms with Gasteiger partial charge in [0, 0.05) is 22.9 Å². The van der Waals surface area contributed by atoms with E-state index in [0.717, 1.165) is 17.4 Å². The van der Waals surface area contributed by atoms with E-state index >= 15 is 0 Å². The van der Waals surface area contributed by atoms with Crippen LogP contribution in [0.5, 0.6) is 0 Å². The van der Waals surface area contributed by atoms with Crippen molar-refractivity contribution in [2.24, 2.45) is 5.73 Å². The predicted molar refractivity (Wildman–Crippen MR) is 117 cm³/mol. The number of rotatable bonds is 7. The van der Waals surface area contributed by atoms with Gasteiger partial charge in [-0.25, -0.2) is 14.4 Å². The fourth-order valence-corrected chi connectivity index (χ4v) is 3.81. The summed E-state index contributed by atoms with van der Waals surface area (Å²) in [6.45, 7) is 4.72. The quantitative estimate of drug-likeness (QED) is 0.355. The molecular formula is C23H23F4N3O2S. The third-order valence-corrected chi connectivity index (χ3v) is 5.93. The first-order valence-electron chi connectivity index (χ1n) is 10.0. The van der Waals surface area contributed by atoms with Gasteiger partial charge in [0.2, 0.25) is 5.60 Å². The Morgan fingerprint density at radius 2 is 1.88 bits per heavy atom. The van der Waals surface area contributed by atoms with Crippen LogP contribution >= 0.6 is 11.3 Å². The molecule has 3 rings (SSSR count). The van der Waals surface area contributed by atoms with Gasteiger partial charge in [-0.2, -0.15) is 13.2 Å². The highest BCUT2D eigenvalue weighted by atomic mass is 32.1. The molecule has 0 aliphatic heterocycles. The number of nitrogens with two attached hydrogens (primary N) is 1. The lowest BCUT2D eigenvalue weighted by Crippen LogP contribution is -2.44. The van der Waals surface area contributed by atoms with E-state index in [-0.39, 0.29) is 22.5 Å². The number of nitrogens with zero attached hydrogens (tertiary/aromatic N) is 2. The largest absolute Gasteiger partial charge is 0.422 e. The first kappa shape index (κ1) is 24.9. The van der Waals surface area contributed by atoms with E-state index in [2.05, 4.69) is 9.97 Å². The van der Waals surface area contributed by atoms with Crippen molar-refractivity contribution in [1.29, 1.82) is 0 Å². The van der Waals surface area contributed by atoms with Crippen molar-refractivity contribution in [2.75, 3.05) is 0 Å². The molecule has 0 spiro atoms. The number of alkyl halides is 3. The zero-order valence-electron chi connectivity index (χ0n) is 18.2. The molecule has 0 fully saturated rings. The van der Waals surface area contributed by atoms with E-state index in [1.54, 1.807) is 13.8 Å². The predicted octanol–water partition coefficient (Wildman–Crippen LogP) is 5.26. The standard InChI is InChI=1S/C23H23F4N3O2S/c1-13-8-14(4-5-16(13)24)17-9-15(21(2,3)28)10-20(30-17)22(32,23(25,26)27)7-6-19(31)18-11-33-12-29-18/h4-5,8-12,32H,6-7,28H2,1-3H3. The van der Waals surface area contributed by atoms with Gasteiger partial charge < -0.3 is 10.8 Å². The Hall–Kier alpha value is -2.69. The number of carbonyl (C=O) groups is 1. The molecule has 0 amide bonds. The van der Waals surface area contributed by atoms with Crippen molar-refractivity contribution in [1.82, 2.24) is 9.97 Å². The molecule has 1 atom stereocenters. The van der Waals surface area contributed by atoms with Crippen LogP contribution in [0, 0.1) is 12.7 Å². The molecule has 2 heterocycles. The molecule has 10 heteroatoms. The Bertz CT molecular complexity index is 1160. The monoisotopic (exact) mass is 481 g/mol. The maximum absolute atomic E-state index is 14.2. The fraction of sp³-hybridized carbons (Fsp3) is 0.348. The highest BCUT2D eigenvalue weighted by Gasteiger charge is 2.56. The number of hydrogen-bond acceptors (Lipinski definition) is 6. The summed E-state index contributed by atoms with van der Waals surface area (Å²) >= 11 is 1.14. The van der Waals surface area contributed by atoms with Crippen LogP contribution in [0.3, 0.4) is 0 Å². The zero-order valence-corrected chi connectivity index (χ0v) is 19.0. The number of halogens is 4. The molecule has 1 unspecified atom stereocenters. The van der Waals surface area contributed by atoms with Crippen molar-refractivity contribution in [2.45, 2.75) is 50.9 Å². The highest BCUT2D eigenvalue weighted by Crippen LogP contribution is 2.43. The number of benzene rings is 1. The van der Waals surface area contributed by atoms with E-state index in [4.69, 9.17) is 5.73 Å². The second-order valence-corrected chi connectivity index (χ2v) is 9.19. The minimum Gasteiger partial charge on any atom is -0.375 e. The molecule has 0 aliphatic carbocycles. The summed E-state index contributed by atoms with van der Waals surface area (Å²) in [5.74, 6) is -1.09. The maximum Gasteiger partial charge on any atom is 0.422 e. The second kappa shape index (κ2) is 8.92. The number of pyridine rings is 1. The van der Waals surface area contributed by atoms with Crippen LogP contribution in [0.25, 0.3) is 11.3 Å². The lowest BCUT2D eigenvalue weighted by Gasteiger charge is -2.32. The highest BCUT2D eigenvalue weighted by molar-refractivity contribution is 7.07. The second-order valence-electron chi connectivity index (χ2n) is 8.47. The minimum atomic E-state index is -5.13. The number of hydrogen-bond donors (Lipinski definition) is 2. The van der Waals surface area contributed by atoms with Gasteiger partial charge >= 0.3 is 6.18 Å². The number of ketones is 1. The first-order chi connectivity index (χ1) is 15.2. The first-order valence-corrected chi connectivity index (χ1v) is 11.0. The molecule has 33 heavy (non-hydrogen) atoms. The van der Waals surface area contributed by atoms with E-state index in [0.29, 0.717) is 5.56 Å². The SMILES string of the molecule is Cc1cc(-c2cc(C(C)(C)N)cc(C(O)(CCC(=O)c3cscn3)C(F)(F)F)n2)ccc1F. The van der Waals surface area contributed by atoms with Gasteiger partial charge in [-0.05, 0) is 68.7 Å². The molecule has 0 bridgehead atoms. The Kier molecular flexibility index (Phi) is 6.74. The van der Waals surface area contributed by atoms with Crippen molar-refractivity contribution < 1.29 is 27.5 Å².